The van der Waals surface area contributed by atoms with E-state index in [1.165, 1.54) is 15.8 Å². The Balaban J connectivity index is 1.26. The number of nitrogens with one attached hydrogen (secondary N) is 1. The average molecular weight is 391 g/mol. The molecular weight excluding hydrogens is 364 g/mol. The number of hydrogen-bond donors (Lipinski definition) is 1. The Hall–Kier alpha value is -3.05. The summed E-state index contributed by atoms with van der Waals surface area (Å²) >= 11 is 0. The number of piperazine rings is 1. The van der Waals surface area contributed by atoms with E-state index in [0.717, 1.165) is 49.6 Å². The van der Waals surface area contributed by atoms with Gasteiger partial charge in [-0.05, 0) is 35.0 Å². The second kappa shape index (κ2) is 8.97. The van der Waals surface area contributed by atoms with Crippen molar-refractivity contribution in [3.05, 3.63) is 72.3 Å². The van der Waals surface area contributed by atoms with E-state index in [-0.39, 0.29) is 12.5 Å². The van der Waals surface area contributed by atoms with Crippen LogP contribution in [-0.2, 0) is 11.3 Å². The van der Waals surface area contributed by atoms with Gasteiger partial charge < -0.3 is 19.3 Å². The lowest BCUT2D eigenvalue weighted by Crippen LogP contribution is -3.13. The molecule has 5 heteroatoms. The third kappa shape index (κ3) is 4.87. The normalized spacial score (nSPS) is 14.7. The molecule has 0 unspecified atom stereocenters. The molecule has 1 N–H and O–H groups in total. The molecule has 4 rings (SSSR count). The van der Waals surface area contributed by atoms with Gasteiger partial charge in [0, 0.05) is 5.56 Å². The van der Waals surface area contributed by atoms with Crippen LogP contribution in [-0.4, -0.2) is 50.7 Å². The van der Waals surface area contributed by atoms with Crippen LogP contribution in [0.1, 0.15) is 5.56 Å². The van der Waals surface area contributed by atoms with E-state index in [1.54, 1.807) is 7.11 Å². The number of benzene rings is 3. The molecule has 1 amide bonds. The van der Waals surface area contributed by atoms with Crippen LogP contribution in [0.25, 0.3) is 10.8 Å². The van der Waals surface area contributed by atoms with Gasteiger partial charge in [0.2, 0.25) is 0 Å². The smallest absolute Gasteiger partial charge is 0.260 e. The number of hydrogen-bond acceptors (Lipinski definition) is 3. The fourth-order valence-corrected chi connectivity index (χ4v) is 3.81. The third-order valence-electron chi connectivity index (χ3n) is 5.49. The van der Waals surface area contributed by atoms with Gasteiger partial charge in [-0.1, -0.05) is 42.5 Å². The summed E-state index contributed by atoms with van der Waals surface area (Å²) in [6.07, 6.45) is 0. The van der Waals surface area contributed by atoms with E-state index in [1.807, 2.05) is 53.4 Å². The maximum absolute atomic E-state index is 12.6. The molecule has 0 radical (unpaired) electrons. The van der Waals surface area contributed by atoms with E-state index in [2.05, 4.69) is 18.2 Å². The molecule has 3 aromatic carbocycles. The fourth-order valence-electron chi connectivity index (χ4n) is 3.81. The molecule has 29 heavy (non-hydrogen) atoms. The van der Waals surface area contributed by atoms with Crippen molar-refractivity contribution in [2.75, 3.05) is 39.9 Å². The zero-order valence-corrected chi connectivity index (χ0v) is 16.8. The molecule has 0 aromatic heterocycles. The zero-order valence-electron chi connectivity index (χ0n) is 16.8. The van der Waals surface area contributed by atoms with Gasteiger partial charge in [0.15, 0.2) is 6.61 Å². The number of nitrogens with zero attached hydrogens (tertiary/aromatic N) is 1. The van der Waals surface area contributed by atoms with Crippen LogP contribution in [0.15, 0.2) is 66.7 Å². The van der Waals surface area contributed by atoms with Gasteiger partial charge in [0.05, 0.1) is 33.3 Å². The van der Waals surface area contributed by atoms with Crippen LogP contribution in [0.5, 0.6) is 11.5 Å². The second-order valence-corrected chi connectivity index (χ2v) is 7.46. The Morgan fingerprint density at radius 2 is 1.72 bits per heavy atom. The van der Waals surface area contributed by atoms with E-state index >= 15 is 0 Å². The number of methoxy groups -OCH3 is 1. The maximum Gasteiger partial charge on any atom is 0.260 e. The Morgan fingerprint density at radius 3 is 2.52 bits per heavy atom. The molecule has 0 spiro atoms. The summed E-state index contributed by atoms with van der Waals surface area (Å²) in [4.78, 5) is 16.0. The molecule has 1 heterocycles. The van der Waals surface area contributed by atoms with Gasteiger partial charge in [-0.2, -0.15) is 0 Å². The lowest BCUT2D eigenvalue weighted by Gasteiger charge is -2.32. The number of amides is 1. The molecule has 1 aliphatic heterocycles. The minimum absolute atomic E-state index is 0.0542. The van der Waals surface area contributed by atoms with Gasteiger partial charge in [-0.25, -0.2) is 0 Å². The SMILES string of the molecule is COc1cccc(C[NH+]2CCN(C(=O)COc3ccc4ccccc4c3)CC2)c1. The van der Waals surface area contributed by atoms with Crippen LogP contribution in [0.4, 0.5) is 0 Å². The first kappa shape index (κ1) is 19.3. The van der Waals surface area contributed by atoms with Gasteiger partial charge in [0.1, 0.15) is 18.0 Å². The lowest BCUT2D eigenvalue weighted by molar-refractivity contribution is -0.917. The molecule has 3 aromatic rings. The predicted octanol–water partition coefficient (Wildman–Crippen LogP) is 2.15. The van der Waals surface area contributed by atoms with Gasteiger partial charge in [-0.3, -0.25) is 4.79 Å². The predicted molar refractivity (Wildman–Crippen MR) is 113 cm³/mol. The summed E-state index contributed by atoms with van der Waals surface area (Å²) < 4.78 is 11.1. The van der Waals surface area contributed by atoms with E-state index in [9.17, 15) is 4.79 Å². The largest absolute Gasteiger partial charge is 0.497 e. The topological polar surface area (TPSA) is 43.2 Å². The summed E-state index contributed by atoms with van der Waals surface area (Å²) in [5, 5.41) is 2.29. The molecule has 0 bridgehead atoms. The van der Waals surface area contributed by atoms with Gasteiger partial charge in [-0.15, -0.1) is 0 Å². The van der Waals surface area contributed by atoms with Crippen molar-refractivity contribution in [2.45, 2.75) is 6.54 Å². The summed E-state index contributed by atoms with van der Waals surface area (Å²) in [5.74, 6) is 1.68. The molecule has 0 aliphatic carbocycles. The third-order valence-corrected chi connectivity index (χ3v) is 5.49. The highest BCUT2D eigenvalue weighted by atomic mass is 16.5. The molecule has 150 valence electrons. The molecular formula is C24H27N2O3+. The standard InChI is InChI=1S/C24H26N2O3/c1-28-22-8-4-5-19(15-22)17-25-11-13-26(14-12-25)24(27)18-29-23-10-9-20-6-2-3-7-21(20)16-23/h2-10,15-16H,11-14,17-18H2,1H3/p+1. The number of carbonyl (C=O) groups is 1. The molecule has 1 saturated heterocycles. The second-order valence-electron chi connectivity index (χ2n) is 7.46. The molecule has 0 atom stereocenters. The van der Waals surface area contributed by atoms with Crippen LogP contribution in [0, 0.1) is 0 Å². The summed E-state index contributed by atoms with van der Waals surface area (Å²) in [6, 6.07) is 22.3. The van der Waals surface area contributed by atoms with Gasteiger partial charge in [0.25, 0.3) is 5.91 Å². The summed E-state index contributed by atoms with van der Waals surface area (Å²) in [7, 11) is 1.69. The first-order chi connectivity index (χ1) is 14.2. The van der Waals surface area contributed by atoms with Gasteiger partial charge >= 0.3 is 0 Å². The Kier molecular flexibility index (Phi) is 5.96. The van der Waals surface area contributed by atoms with Crippen LogP contribution >= 0.6 is 0 Å². The van der Waals surface area contributed by atoms with Crippen molar-refractivity contribution in [1.82, 2.24) is 4.90 Å². The van der Waals surface area contributed by atoms with Crippen LogP contribution < -0.4 is 14.4 Å². The van der Waals surface area contributed by atoms with Crippen molar-refractivity contribution >= 4 is 16.7 Å². The van der Waals surface area contributed by atoms with Crippen molar-refractivity contribution in [1.29, 1.82) is 0 Å². The van der Waals surface area contributed by atoms with Crippen molar-refractivity contribution in [3.63, 3.8) is 0 Å². The van der Waals surface area contributed by atoms with Crippen molar-refractivity contribution < 1.29 is 19.2 Å². The maximum atomic E-state index is 12.6. The van der Waals surface area contributed by atoms with E-state index in [0.29, 0.717) is 0 Å². The number of carbonyl (C=O) groups excluding carboxylic acids is 1. The van der Waals surface area contributed by atoms with Crippen LogP contribution in [0.2, 0.25) is 0 Å². The number of quaternary nitrogens is 1. The monoisotopic (exact) mass is 391 g/mol. The Morgan fingerprint density at radius 1 is 0.931 bits per heavy atom. The van der Waals surface area contributed by atoms with Crippen LogP contribution in [0.3, 0.4) is 0 Å². The van der Waals surface area contributed by atoms with E-state index in [4.69, 9.17) is 9.47 Å². The highest BCUT2D eigenvalue weighted by molar-refractivity contribution is 5.84. The number of ether oxygens (including phenoxy) is 2. The fraction of sp³-hybridized carbons (Fsp3) is 0.292. The number of fused-ring (bicyclic) bond motifs is 1. The first-order valence-electron chi connectivity index (χ1n) is 10.1. The quantitative estimate of drug-likeness (QED) is 0.700. The lowest BCUT2D eigenvalue weighted by atomic mass is 10.1. The Labute approximate surface area is 171 Å². The van der Waals surface area contributed by atoms with Crippen molar-refractivity contribution in [3.8, 4) is 11.5 Å². The Bertz CT molecular complexity index is 981. The summed E-state index contributed by atoms with van der Waals surface area (Å²) in [5.41, 5.74) is 1.26. The minimum Gasteiger partial charge on any atom is -0.497 e. The molecule has 1 fully saturated rings. The minimum atomic E-state index is 0.0542. The van der Waals surface area contributed by atoms with Crippen molar-refractivity contribution in [2.24, 2.45) is 0 Å². The highest BCUT2D eigenvalue weighted by Crippen LogP contribution is 2.20. The highest BCUT2D eigenvalue weighted by Gasteiger charge is 2.24. The summed E-state index contributed by atoms with van der Waals surface area (Å²) in [6.45, 7) is 4.45. The first-order valence-corrected chi connectivity index (χ1v) is 10.1. The molecule has 5 nitrogen and oxygen atoms in total. The molecule has 1 aliphatic rings. The zero-order chi connectivity index (χ0) is 20.1. The van der Waals surface area contributed by atoms with E-state index < -0.39 is 0 Å². The molecule has 0 saturated carbocycles. The number of rotatable bonds is 6. The average Bonchev–Trinajstić information content (AvgIpc) is 2.78.